The lowest BCUT2D eigenvalue weighted by Crippen LogP contribution is -2.09. The lowest BCUT2D eigenvalue weighted by molar-refractivity contribution is 0.885. The minimum absolute atomic E-state index is 0.0273. The number of anilines is 2. The first kappa shape index (κ1) is 13.0. The van der Waals surface area contributed by atoms with E-state index in [0.29, 0.717) is 15.7 Å². The van der Waals surface area contributed by atoms with Crippen LogP contribution in [0, 0.1) is 0 Å². The molecule has 2 rings (SSSR count). The van der Waals surface area contributed by atoms with Crippen molar-refractivity contribution < 1.29 is 0 Å². The van der Waals surface area contributed by atoms with Crippen molar-refractivity contribution in [3.8, 4) is 0 Å². The van der Waals surface area contributed by atoms with Crippen LogP contribution in [0.25, 0.3) is 0 Å². The monoisotopic (exact) mass is 281 g/mol. The summed E-state index contributed by atoms with van der Waals surface area (Å²) in [5.41, 5.74) is 8.24. The molecule has 0 aliphatic heterocycles. The molecule has 1 aromatic carbocycles. The van der Waals surface area contributed by atoms with E-state index in [9.17, 15) is 0 Å². The Morgan fingerprint density at radius 1 is 1.28 bits per heavy atom. The number of nitrogens with zero attached hydrogens (tertiary/aromatic N) is 1. The highest BCUT2D eigenvalue weighted by Gasteiger charge is 2.11. The van der Waals surface area contributed by atoms with Crippen LogP contribution < -0.4 is 11.1 Å². The second-order valence-electron chi connectivity index (χ2n) is 3.99. The largest absolute Gasteiger partial charge is 0.396 e. The first-order chi connectivity index (χ1) is 8.58. The molecule has 0 saturated heterocycles. The third-order valence-corrected chi connectivity index (χ3v) is 3.22. The van der Waals surface area contributed by atoms with E-state index in [1.165, 1.54) is 0 Å². The average Bonchev–Trinajstić information content (AvgIpc) is 2.32. The molecule has 3 nitrogen and oxygen atoms in total. The van der Waals surface area contributed by atoms with Crippen LogP contribution in [0.4, 0.5) is 11.4 Å². The summed E-state index contributed by atoms with van der Waals surface area (Å²) in [6.07, 6.45) is 3.30. The molecule has 0 fully saturated rings. The molecular formula is C13H13Cl2N3. The van der Waals surface area contributed by atoms with Gasteiger partial charge in [0, 0.05) is 16.2 Å². The molecule has 1 aromatic heterocycles. The van der Waals surface area contributed by atoms with Crippen molar-refractivity contribution in [3.63, 3.8) is 0 Å². The molecule has 3 N–H and O–H groups in total. The van der Waals surface area contributed by atoms with Crippen molar-refractivity contribution in [2.45, 2.75) is 13.0 Å². The van der Waals surface area contributed by atoms with Gasteiger partial charge in [0.15, 0.2) is 0 Å². The zero-order chi connectivity index (χ0) is 13.1. The summed E-state index contributed by atoms with van der Waals surface area (Å²) in [5, 5.41) is 4.55. The zero-order valence-electron chi connectivity index (χ0n) is 9.82. The number of halogens is 2. The highest BCUT2D eigenvalue weighted by molar-refractivity contribution is 6.35. The van der Waals surface area contributed by atoms with Gasteiger partial charge in [-0.25, -0.2) is 0 Å². The van der Waals surface area contributed by atoms with Gasteiger partial charge in [-0.15, -0.1) is 0 Å². The van der Waals surface area contributed by atoms with Crippen LogP contribution in [0.1, 0.15) is 18.5 Å². The van der Waals surface area contributed by atoms with Gasteiger partial charge >= 0.3 is 0 Å². The number of nitrogens with one attached hydrogen (secondary N) is 1. The number of nitrogens with two attached hydrogens (primary N) is 1. The molecule has 0 radical (unpaired) electrons. The van der Waals surface area contributed by atoms with Gasteiger partial charge in [0.2, 0.25) is 0 Å². The van der Waals surface area contributed by atoms with Crippen molar-refractivity contribution in [2.24, 2.45) is 0 Å². The van der Waals surface area contributed by atoms with Gasteiger partial charge in [-0.1, -0.05) is 29.3 Å². The number of pyridine rings is 1. The van der Waals surface area contributed by atoms with Gasteiger partial charge in [-0.3, -0.25) is 4.98 Å². The summed E-state index contributed by atoms with van der Waals surface area (Å²) in [7, 11) is 0. The molecule has 2 aromatic rings. The fraction of sp³-hybridized carbons (Fsp3) is 0.154. The van der Waals surface area contributed by atoms with E-state index in [2.05, 4.69) is 10.3 Å². The molecule has 0 saturated carbocycles. The molecule has 5 heteroatoms. The first-order valence-corrected chi connectivity index (χ1v) is 6.24. The average molecular weight is 282 g/mol. The van der Waals surface area contributed by atoms with E-state index in [-0.39, 0.29) is 6.04 Å². The molecule has 94 valence electrons. The highest BCUT2D eigenvalue weighted by Crippen LogP contribution is 2.29. The third-order valence-electron chi connectivity index (χ3n) is 2.65. The quantitative estimate of drug-likeness (QED) is 0.889. The van der Waals surface area contributed by atoms with E-state index >= 15 is 0 Å². The minimum atomic E-state index is 0.0273. The Hall–Kier alpha value is -1.45. The summed E-state index contributed by atoms with van der Waals surface area (Å²) >= 11 is 12.0. The summed E-state index contributed by atoms with van der Waals surface area (Å²) in [5.74, 6) is 0. The van der Waals surface area contributed by atoms with Crippen molar-refractivity contribution in [3.05, 3.63) is 52.3 Å². The number of hydrogen-bond donors (Lipinski definition) is 2. The number of rotatable bonds is 3. The van der Waals surface area contributed by atoms with Gasteiger partial charge in [0.25, 0.3) is 0 Å². The zero-order valence-corrected chi connectivity index (χ0v) is 11.3. The van der Waals surface area contributed by atoms with E-state index in [1.807, 2.05) is 25.1 Å². The maximum atomic E-state index is 6.16. The molecule has 0 amide bonds. The predicted octanol–water partition coefficient (Wildman–Crippen LogP) is 4.14. The van der Waals surface area contributed by atoms with Crippen LogP contribution in [0.3, 0.4) is 0 Å². The first-order valence-electron chi connectivity index (χ1n) is 5.49. The number of hydrogen-bond acceptors (Lipinski definition) is 3. The molecule has 0 aliphatic carbocycles. The maximum absolute atomic E-state index is 6.16. The lowest BCUT2D eigenvalue weighted by atomic mass is 10.1. The van der Waals surface area contributed by atoms with Crippen LogP contribution in [-0.4, -0.2) is 4.98 Å². The number of nitrogen functional groups attached to an aromatic ring is 1. The van der Waals surface area contributed by atoms with Crippen molar-refractivity contribution >= 4 is 34.6 Å². The van der Waals surface area contributed by atoms with Gasteiger partial charge in [-0.05, 0) is 30.7 Å². The van der Waals surface area contributed by atoms with Crippen molar-refractivity contribution in [2.75, 3.05) is 11.1 Å². The number of benzene rings is 1. The van der Waals surface area contributed by atoms with E-state index in [0.717, 1.165) is 11.3 Å². The van der Waals surface area contributed by atoms with Gasteiger partial charge in [0.1, 0.15) is 0 Å². The number of aromatic nitrogens is 1. The van der Waals surface area contributed by atoms with E-state index in [1.54, 1.807) is 18.5 Å². The van der Waals surface area contributed by atoms with Crippen LogP contribution in [0.15, 0.2) is 36.7 Å². The standard InChI is InChI=1S/C13H13Cl2N3/c1-8(10-3-2-9(14)6-11(10)15)18-13-4-5-17-7-12(13)16/h2-8H,16H2,1H3,(H,17,18). The second kappa shape index (κ2) is 5.46. The Morgan fingerprint density at radius 3 is 2.72 bits per heavy atom. The van der Waals surface area contributed by atoms with Crippen LogP contribution >= 0.6 is 23.2 Å². The van der Waals surface area contributed by atoms with Gasteiger partial charge in [0.05, 0.1) is 23.6 Å². The molecule has 0 aliphatic rings. The fourth-order valence-corrected chi connectivity index (χ4v) is 2.27. The summed E-state index contributed by atoms with van der Waals surface area (Å²) in [4.78, 5) is 3.95. The van der Waals surface area contributed by atoms with Gasteiger partial charge < -0.3 is 11.1 Å². The molecule has 1 unspecified atom stereocenters. The Balaban J connectivity index is 2.22. The fourth-order valence-electron chi connectivity index (χ4n) is 1.70. The van der Waals surface area contributed by atoms with Crippen molar-refractivity contribution in [1.82, 2.24) is 4.98 Å². The van der Waals surface area contributed by atoms with Crippen LogP contribution in [0.2, 0.25) is 10.0 Å². The second-order valence-corrected chi connectivity index (χ2v) is 4.84. The Kier molecular flexibility index (Phi) is 3.94. The molecule has 18 heavy (non-hydrogen) atoms. The molecule has 0 spiro atoms. The molecule has 1 atom stereocenters. The Morgan fingerprint density at radius 2 is 2.06 bits per heavy atom. The highest BCUT2D eigenvalue weighted by atomic mass is 35.5. The summed E-state index contributed by atoms with van der Waals surface area (Å²) in [6.45, 7) is 2.01. The van der Waals surface area contributed by atoms with E-state index < -0.39 is 0 Å². The maximum Gasteiger partial charge on any atom is 0.0736 e. The molecule has 0 bridgehead atoms. The van der Waals surface area contributed by atoms with Gasteiger partial charge in [-0.2, -0.15) is 0 Å². The third kappa shape index (κ3) is 2.86. The predicted molar refractivity (Wildman–Crippen MR) is 77.1 cm³/mol. The summed E-state index contributed by atoms with van der Waals surface area (Å²) in [6, 6.07) is 7.30. The van der Waals surface area contributed by atoms with E-state index in [4.69, 9.17) is 28.9 Å². The molecular weight excluding hydrogens is 269 g/mol. The minimum Gasteiger partial charge on any atom is -0.396 e. The Bertz CT molecular complexity index is 558. The molecule has 1 heterocycles. The van der Waals surface area contributed by atoms with Crippen LogP contribution in [0.5, 0.6) is 0 Å². The van der Waals surface area contributed by atoms with Crippen LogP contribution in [-0.2, 0) is 0 Å². The normalized spacial score (nSPS) is 12.2. The lowest BCUT2D eigenvalue weighted by Gasteiger charge is -2.18. The topological polar surface area (TPSA) is 50.9 Å². The summed E-state index contributed by atoms with van der Waals surface area (Å²) < 4.78 is 0. The van der Waals surface area contributed by atoms with Crippen molar-refractivity contribution in [1.29, 1.82) is 0 Å². The smallest absolute Gasteiger partial charge is 0.0736 e. The Labute approximate surface area is 116 Å². The SMILES string of the molecule is CC(Nc1ccncc1N)c1ccc(Cl)cc1Cl.